The summed E-state index contributed by atoms with van der Waals surface area (Å²) in [5, 5.41) is 0. The maximum absolute atomic E-state index is 15.1. The highest BCUT2D eigenvalue weighted by atomic mass is 19.4. The Hall–Kier alpha value is -3.13. The Labute approximate surface area is 182 Å². The molecule has 0 aliphatic carbocycles. The molecule has 0 saturated heterocycles. The molecule has 1 atom stereocenters. The number of hydrogen-bond donors (Lipinski definition) is 0. The Kier molecular flexibility index (Phi) is 7.35. The summed E-state index contributed by atoms with van der Waals surface area (Å²) in [7, 11) is 0. The van der Waals surface area contributed by atoms with E-state index in [2.05, 4.69) is 0 Å². The van der Waals surface area contributed by atoms with Crippen molar-refractivity contribution >= 4 is 0 Å². The number of alkyl halides is 4. The fourth-order valence-corrected chi connectivity index (χ4v) is 2.96. The van der Waals surface area contributed by atoms with Gasteiger partial charge in [0.1, 0.15) is 23.1 Å². The van der Waals surface area contributed by atoms with Gasteiger partial charge in [0.25, 0.3) is 5.67 Å². The Morgan fingerprint density at radius 1 is 0.781 bits per heavy atom. The van der Waals surface area contributed by atoms with Crippen LogP contribution >= 0.6 is 0 Å². The van der Waals surface area contributed by atoms with Gasteiger partial charge in [0, 0.05) is 5.56 Å². The highest BCUT2D eigenvalue weighted by Gasteiger charge is 2.57. The van der Waals surface area contributed by atoms with Crippen LogP contribution < -0.4 is 9.47 Å². The Morgan fingerprint density at radius 3 is 2.06 bits per heavy atom. The van der Waals surface area contributed by atoms with Crippen molar-refractivity contribution in [3.05, 3.63) is 89.7 Å². The van der Waals surface area contributed by atoms with Gasteiger partial charge in [0.05, 0.1) is 19.8 Å². The molecule has 3 rings (SSSR count). The third-order valence-electron chi connectivity index (χ3n) is 4.59. The van der Waals surface area contributed by atoms with Gasteiger partial charge in [-0.1, -0.05) is 24.3 Å². The fourth-order valence-electron chi connectivity index (χ4n) is 2.96. The van der Waals surface area contributed by atoms with Crippen molar-refractivity contribution in [3.8, 4) is 17.2 Å². The molecule has 0 aliphatic heterocycles. The lowest BCUT2D eigenvalue weighted by molar-refractivity contribution is -0.252. The summed E-state index contributed by atoms with van der Waals surface area (Å²) in [6.07, 6.45) is -5.17. The maximum Gasteiger partial charge on any atom is 0.429 e. The fraction of sp³-hybridized carbons (Fsp3) is 0.250. The molecule has 0 spiro atoms. The van der Waals surface area contributed by atoms with E-state index in [-0.39, 0.29) is 6.61 Å². The van der Waals surface area contributed by atoms with Crippen molar-refractivity contribution in [2.24, 2.45) is 0 Å². The van der Waals surface area contributed by atoms with Gasteiger partial charge in [-0.05, 0) is 61.0 Å². The van der Waals surface area contributed by atoms with E-state index in [0.717, 1.165) is 12.1 Å². The summed E-state index contributed by atoms with van der Waals surface area (Å²) < 4.78 is 84.7. The monoisotopic (exact) mass is 452 g/mol. The van der Waals surface area contributed by atoms with E-state index in [1.54, 1.807) is 31.2 Å². The van der Waals surface area contributed by atoms with Crippen LogP contribution in [0.5, 0.6) is 17.2 Å². The molecule has 32 heavy (non-hydrogen) atoms. The first-order valence-corrected chi connectivity index (χ1v) is 9.80. The van der Waals surface area contributed by atoms with Crippen molar-refractivity contribution in [3.63, 3.8) is 0 Å². The van der Waals surface area contributed by atoms with Crippen LogP contribution in [-0.4, -0.2) is 19.4 Å². The van der Waals surface area contributed by atoms with Crippen molar-refractivity contribution in [2.75, 3.05) is 13.2 Å². The smallest absolute Gasteiger partial charge is 0.429 e. The largest absolute Gasteiger partial charge is 0.494 e. The average Bonchev–Trinajstić information content (AvgIpc) is 2.75. The van der Waals surface area contributed by atoms with Crippen LogP contribution in [0, 0.1) is 5.82 Å². The molecular weight excluding hydrogens is 431 g/mol. The zero-order valence-electron chi connectivity index (χ0n) is 17.2. The molecule has 3 aromatic carbocycles. The predicted octanol–water partition coefficient (Wildman–Crippen LogP) is 6.96. The topological polar surface area (TPSA) is 27.7 Å². The van der Waals surface area contributed by atoms with Crippen LogP contribution in [0.15, 0.2) is 72.8 Å². The van der Waals surface area contributed by atoms with Crippen LogP contribution in [0.4, 0.5) is 22.0 Å². The summed E-state index contributed by atoms with van der Waals surface area (Å²) in [5.74, 6) is 0.706. The van der Waals surface area contributed by atoms with E-state index >= 15 is 4.39 Å². The van der Waals surface area contributed by atoms with Gasteiger partial charge in [0.15, 0.2) is 0 Å². The van der Waals surface area contributed by atoms with Crippen LogP contribution in [0.1, 0.15) is 18.1 Å². The number of benzene rings is 3. The number of ether oxygens (including phenoxy) is 3. The lowest BCUT2D eigenvalue weighted by Gasteiger charge is -2.28. The van der Waals surface area contributed by atoms with Crippen molar-refractivity contribution in [2.45, 2.75) is 25.4 Å². The van der Waals surface area contributed by atoms with Crippen LogP contribution in [0.2, 0.25) is 0 Å². The molecule has 3 nitrogen and oxygen atoms in total. The van der Waals surface area contributed by atoms with Gasteiger partial charge in [-0.25, -0.2) is 8.78 Å². The molecule has 170 valence electrons. The second-order valence-electron chi connectivity index (χ2n) is 6.95. The minimum atomic E-state index is -5.17. The molecular formula is C24H21F5O3. The van der Waals surface area contributed by atoms with Gasteiger partial charge in [-0.15, -0.1) is 0 Å². The lowest BCUT2D eigenvalue weighted by Crippen LogP contribution is -2.42. The third-order valence-corrected chi connectivity index (χ3v) is 4.59. The van der Waals surface area contributed by atoms with Gasteiger partial charge >= 0.3 is 6.18 Å². The van der Waals surface area contributed by atoms with E-state index < -0.39 is 29.8 Å². The molecule has 0 aliphatic rings. The minimum Gasteiger partial charge on any atom is -0.494 e. The summed E-state index contributed by atoms with van der Waals surface area (Å²) >= 11 is 0. The van der Waals surface area contributed by atoms with Gasteiger partial charge < -0.3 is 14.2 Å². The molecule has 0 saturated carbocycles. The molecule has 0 bridgehead atoms. The average molecular weight is 452 g/mol. The van der Waals surface area contributed by atoms with Crippen molar-refractivity contribution in [1.29, 1.82) is 0 Å². The molecule has 3 aromatic rings. The summed E-state index contributed by atoms with van der Waals surface area (Å²) in [5.41, 5.74) is -3.76. The molecule has 8 heteroatoms. The molecule has 0 heterocycles. The van der Waals surface area contributed by atoms with E-state index in [4.69, 9.17) is 14.2 Å². The summed E-state index contributed by atoms with van der Waals surface area (Å²) in [4.78, 5) is 0. The Bertz CT molecular complexity index is 1000. The van der Waals surface area contributed by atoms with E-state index in [1.807, 2.05) is 0 Å². The van der Waals surface area contributed by atoms with E-state index in [0.29, 0.717) is 29.4 Å². The Balaban J connectivity index is 1.67. The first-order valence-electron chi connectivity index (χ1n) is 9.80. The Morgan fingerprint density at radius 2 is 1.44 bits per heavy atom. The minimum absolute atomic E-state index is 0.264. The highest BCUT2D eigenvalue weighted by molar-refractivity contribution is 5.34. The maximum atomic E-state index is 15.1. The molecule has 1 unspecified atom stereocenters. The van der Waals surface area contributed by atoms with E-state index in [1.165, 1.54) is 36.4 Å². The second-order valence-corrected chi connectivity index (χ2v) is 6.95. The number of halogens is 5. The third kappa shape index (κ3) is 5.76. The van der Waals surface area contributed by atoms with Gasteiger partial charge in [-0.3, -0.25) is 0 Å². The number of hydrogen-bond acceptors (Lipinski definition) is 3. The summed E-state index contributed by atoms with van der Waals surface area (Å²) in [6, 6.07) is 16.4. The first kappa shape index (κ1) is 23.5. The lowest BCUT2D eigenvalue weighted by atomic mass is 9.96. The molecule has 0 fully saturated rings. The van der Waals surface area contributed by atoms with Crippen molar-refractivity contribution < 1.29 is 36.2 Å². The predicted molar refractivity (Wildman–Crippen MR) is 109 cm³/mol. The zero-order chi connectivity index (χ0) is 23.2. The van der Waals surface area contributed by atoms with Crippen LogP contribution in [0.3, 0.4) is 0 Å². The zero-order valence-corrected chi connectivity index (χ0v) is 17.2. The molecule has 0 radical (unpaired) electrons. The van der Waals surface area contributed by atoms with Crippen LogP contribution in [-0.2, 0) is 17.0 Å². The summed E-state index contributed by atoms with van der Waals surface area (Å²) in [6.45, 7) is 0.593. The highest BCUT2D eigenvalue weighted by Crippen LogP contribution is 2.43. The van der Waals surface area contributed by atoms with Crippen LogP contribution in [0.25, 0.3) is 0 Å². The SMILES string of the molecule is CCOc1ccc(C(F)(COCc2cccc(Oc3ccc(F)cc3)c2)C(F)(F)F)cc1. The standard InChI is InChI=1S/C24H21F5O3/c1-2-31-20-10-6-18(7-11-20)23(26,24(27,28)29)16-30-15-17-4-3-5-22(14-17)32-21-12-8-19(25)9-13-21/h3-14H,2,15-16H2,1H3. The van der Waals surface area contributed by atoms with E-state index in [9.17, 15) is 17.6 Å². The number of rotatable bonds is 9. The quantitative estimate of drug-likeness (QED) is 0.329. The first-order chi connectivity index (χ1) is 15.2. The second kappa shape index (κ2) is 9.99. The molecule has 0 N–H and O–H groups in total. The molecule has 0 amide bonds. The van der Waals surface area contributed by atoms with Crippen molar-refractivity contribution in [1.82, 2.24) is 0 Å². The molecule has 0 aromatic heterocycles. The van der Waals surface area contributed by atoms with Gasteiger partial charge in [0.2, 0.25) is 0 Å². The normalized spacial score (nSPS) is 13.4. The van der Waals surface area contributed by atoms with Gasteiger partial charge in [-0.2, -0.15) is 13.2 Å².